The largest absolute Gasteiger partial charge is 0.434 e. The summed E-state index contributed by atoms with van der Waals surface area (Å²) in [6.07, 6.45) is 0.897. The predicted molar refractivity (Wildman–Crippen MR) is 99.7 cm³/mol. The van der Waals surface area contributed by atoms with Gasteiger partial charge in [0.1, 0.15) is 5.82 Å². The Labute approximate surface area is 156 Å². The number of hydrogen-bond acceptors (Lipinski definition) is 6. The van der Waals surface area contributed by atoms with Crippen molar-refractivity contribution in [3.8, 4) is 0 Å². The summed E-state index contributed by atoms with van der Waals surface area (Å²) in [4.78, 5) is 15.9. The Morgan fingerprint density at radius 3 is 2.41 bits per heavy atom. The number of ether oxygens (including phenoxy) is 1. The lowest BCUT2D eigenvalue weighted by Crippen LogP contribution is -2.14. The highest BCUT2D eigenvalue weighted by Gasteiger charge is 2.30. The Morgan fingerprint density at radius 2 is 1.67 bits per heavy atom. The summed E-state index contributed by atoms with van der Waals surface area (Å²) in [7, 11) is -3.74. The molecule has 2 N–H and O–H groups in total. The zero-order chi connectivity index (χ0) is 18.9. The first-order valence-electron chi connectivity index (χ1n) is 8.13. The number of carbonyl (C=O) groups excluding carboxylic acids is 1. The first-order chi connectivity index (χ1) is 13.0. The van der Waals surface area contributed by atoms with Crippen molar-refractivity contribution in [3.05, 3.63) is 84.1 Å². The quantitative estimate of drug-likeness (QED) is 0.659. The molecule has 136 valence electrons. The molecule has 7 nitrogen and oxygen atoms in total. The maximum atomic E-state index is 12.4. The average Bonchev–Trinajstić information content (AvgIpc) is 2.99. The Hall–Kier alpha value is -3.39. The summed E-state index contributed by atoms with van der Waals surface area (Å²) in [5.74, 6) is -0.143. The molecule has 1 atom stereocenters. The number of anilines is 2. The molecule has 0 unspecified atom stereocenters. The molecule has 27 heavy (non-hydrogen) atoms. The van der Waals surface area contributed by atoms with E-state index in [2.05, 4.69) is 15.0 Å². The van der Waals surface area contributed by atoms with Crippen LogP contribution in [0.4, 0.5) is 11.5 Å². The SMILES string of the molecule is O=C1O[C@H](Nc2ccc(S(=O)(=O)Nc3ccccn3)cc2)c2ccccc21. The lowest BCUT2D eigenvalue weighted by Gasteiger charge is -2.15. The van der Waals surface area contributed by atoms with Gasteiger partial charge in [0.2, 0.25) is 6.23 Å². The van der Waals surface area contributed by atoms with Gasteiger partial charge in [0.15, 0.2) is 0 Å². The number of sulfonamides is 1. The molecule has 0 bridgehead atoms. The van der Waals surface area contributed by atoms with Crippen molar-refractivity contribution >= 4 is 27.5 Å². The smallest absolute Gasteiger partial charge is 0.340 e. The number of pyridine rings is 1. The number of fused-ring (bicyclic) bond motifs is 1. The van der Waals surface area contributed by atoms with Crippen LogP contribution in [0.2, 0.25) is 0 Å². The highest BCUT2D eigenvalue weighted by Crippen LogP contribution is 2.31. The number of benzene rings is 2. The molecule has 0 spiro atoms. The van der Waals surface area contributed by atoms with Gasteiger partial charge >= 0.3 is 5.97 Å². The molecule has 0 radical (unpaired) electrons. The Morgan fingerprint density at radius 1 is 0.926 bits per heavy atom. The van der Waals surface area contributed by atoms with Gasteiger partial charge in [-0.1, -0.05) is 24.3 Å². The molecule has 1 aliphatic heterocycles. The number of nitrogens with zero attached hydrogens (tertiary/aromatic N) is 1. The molecule has 2 aromatic carbocycles. The average molecular weight is 381 g/mol. The molecule has 0 amide bonds. The second kappa shape index (κ2) is 6.73. The van der Waals surface area contributed by atoms with E-state index in [4.69, 9.17) is 4.74 Å². The highest BCUT2D eigenvalue weighted by molar-refractivity contribution is 7.92. The molecule has 3 aromatic rings. The molecule has 8 heteroatoms. The Kier molecular flexibility index (Phi) is 4.25. The molecule has 2 heterocycles. The highest BCUT2D eigenvalue weighted by atomic mass is 32.2. The fraction of sp³-hybridized carbons (Fsp3) is 0.0526. The minimum absolute atomic E-state index is 0.0996. The minimum Gasteiger partial charge on any atom is -0.434 e. The van der Waals surface area contributed by atoms with Crippen LogP contribution in [0.15, 0.2) is 77.8 Å². The normalized spacial score (nSPS) is 15.7. The van der Waals surface area contributed by atoms with Crippen molar-refractivity contribution in [3.63, 3.8) is 0 Å². The van der Waals surface area contributed by atoms with Gasteiger partial charge in [-0.25, -0.2) is 18.2 Å². The van der Waals surface area contributed by atoms with Crippen LogP contribution in [-0.4, -0.2) is 19.4 Å². The summed E-state index contributed by atoms with van der Waals surface area (Å²) >= 11 is 0. The molecular formula is C19H15N3O4S. The number of carbonyl (C=O) groups is 1. The van der Waals surface area contributed by atoms with E-state index >= 15 is 0 Å². The lowest BCUT2D eigenvalue weighted by atomic mass is 10.1. The zero-order valence-electron chi connectivity index (χ0n) is 14.0. The molecule has 0 saturated heterocycles. The first kappa shape index (κ1) is 17.0. The third-order valence-corrected chi connectivity index (χ3v) is 5.42. The molecule has 0 aliphatic carbocycles. The minimum atomic E-state index is -3.74. The van der Waals surface area contributed by atoms with Crippen LogP contribution in [0, 0.1) is 0 Å². The van der Waals surface area contributed by atoms with E-state index in [1.54, 1.807) is 42.5 Å². The van der Waals surface area contributed by atoms with Crippen LogP contribution in [0.3, 0.4) is 0 Å². The number of esters is 1. The molecule has 0 fully saturated rings. The molecule has 1 aliphatic rings. The number of nitrogens with one attached hydrogen (secondary N) is 2. The summed E-state index contributed by atoms with van der Waals surface area (Å²) in [5.41, 5.74) is 1.89. The van der Waals surface area contributed by atoms with E-state index < -0.39 is 16.3 Å². The third kappa shape index (κ3) is 3.47. The predicted octanol–water partition coefficient (Wildman–Crippen LogP) is 3.16. The van der Waals surface area contributed by atoms with E-state index in [-0.39, 0.29) is 16.7 Å². The number of hydrogen-bond donors (Lipinski definition) is 2. The topological polar surface area (TPSA) is 97.4 Å². The van der Waals surface area contributed by atoms with E-state index in [9.17, 15) is 13.2 Å². The summed E-state index contributed by atoms with van der Waals surface area (Å²) in [6, 6.07) is 18.2. The van der Waals surface area contributed by atoms with Crippen LogP contribution >= 0.6 is 0 Å². The first-order valence-corrected chi connectivity index (χ1v) is 9.62. The van der Waals surface area contributed by atoms with Crippen molar-refractivity contribution < 1.29 is 17.9 Å². The number of aromatic nitrogens is 1. The standard InChI is InChI=1S/C19H15N3O4S/c23-19-16-6-2-1-5-15(16)18(26-19)21-13-8-10-14(11-9-13)27(24,25)22-17-7-3-4-12-20-17/h1-12,18,21H,(H,20,22)/t18-/m0/s1. The van der Waals surface area contributed by atoms with E-state index in [1.807, 2.05) is 12.1 Å². The van der Waals surface area contributed by atoms with Crippen molar-refractivity contribution in [2.75, 3.05) is 10.0 Å². The van der Waals surface area contributed by atoms with Crippen molar-refractivity contribution in [1.82, 2.24) is 4.98 Å². The van der Waals surface area contributed by atoms with Crippen molar-refractivity contribution in [2.24, 2.45) is 0 Å². The van der Waals surface area contributed by atoms with E-state index in [0.717, 1.165) is 5.56 Å². The second-order valence-corrected chi connectivity index (χ2v) is 7.54. The molecular weight excluding hydrogens is 366 g/mol. The van der Waals surface area contributed by atoms with Crippen LogP contribution in [0.1, 0.15) is 22.1 Å². The number of rotatable bonds is 5. The maximum absolute atomic E-state index is 12.4. The lowest BCUT2D eigenvalue weighted by molar-refractivity contribution is 0.0437. The van der Waals surface area contributed by atoms with Gasteiger partial charge in [-0.3, -0.25) is 4.72 Å². The van der Waals surface area contributed by atoms with Gasteiger partial charge in [-0.05, 0) is 42.5 Å². The fourth-order valence-corrected chi connectivity index (χ4v) is 3.76. The van der Waals surface area contributed by atoms with Crippen molar-refractivity contribution in [2.45, 2.75) is 11.1 Å². The molecule has 0 saturated carbocycles. The summed E-state index contributed by atoms with van der Waals surface area (Å²) < 4.78 is 32.6. The Balaban J connectivity index is 1.51. The van der Waals surface area contributed by atoms with Gasteiger partial charge in [-0.2, -0.15) is 0 Å². The monoisotopic (exact) mass is 381 g/mol. The molecule has 4 rings (SSSR count). The third-order valence-electron chi connectivity index (χ3n) is 4.05. The van der Waals surface area contributed by atoms with Crippen molar-refractivity contribution in [1.29, 1.82) is 0 Å². The molecule has 1 aromatic heterocycles. The number of cyclic esters (lactones) is 1. The maximum Gasteiger partial charge on any atom is 0.340 e. The van der Waals surface area contributed by atoms with E-state index in [0.29, 0.717) is 11.3 Å². The van der Waals surface area contributed by atoms with Gasteiger partial charge in [-0.15, -0.1) is 0 Å². The summed E-state index contributed by atoms with van der Waals surface area (Å²) in [5, 5.41) is 3.09. The van der Waals surface area contributed by atoms with Crippen LogP contribution in [-0.2, 0) is 14.8 Å². The van der Waals surface area contributed by atoms with Crippen LogP contribution in [0.5, 0.6) is 0 Å². The zero-order valence-corrected chi connectivity index (χ0v) is 14.8. The fourth-order valence-electron chi connectivity index (χ4n) is 2.75. The summed E-state index contributed by atoms with van der Waals surface area (Å²) in [6.45, 7) is 0. The van der Waals surface area contributed by atoms with Gasteiger partial charge in [0, 0.05) is 17.4 Å². The Bertz CT molecular complexity index is 1080. The van der Waals surface area contributed by atoms with Crippen LogP contribution in [0.25, 0.3) is 0 Å². The van der Waals surface area contributed by atoms with E-state index in [1.165, 1.54) is 18.3 Å². The van der Waals surface area contributed by atoms with Gasteiger partial charge < -0.3 is 10.1 Å². The second-order valence-electron chi connectivity index (χ2n) is 5.86. The van der Waals surface area contributed by atoms with Gasteiger partial charge in [0.05, 0.1) is 10.5 Å². The van der Waals surface area contributed by atoms with Gasteiger partial charge in [0.25, 0.3) is 10.0 Å². The van der Waals surface area contributed by atoms with Crippen LogP contribution < -0.4 is 10.0 Å².